The minimum atomic E-state index is -0.554. The van der Waals surface area contributed by atoms with Crippen molar-refractivity contribution in [2.24, 2.45) is 11.8 Å². The van der Waals surface area contributed by atoms with Crippen LogP contribution >= 0.6 is 12.2 Å². The van der Waals surface area contributed by atoms with Crippen molar-refractivity contribution >= 4 is 54.1 Å². The number of rotatable bonds is 14. The van der Waals surface area contributed by atoms with Crippen LogP contribution in [0.3, 0.4) is 0 Å². The molecule has 8 N–H and O–H groups in total. The summed E-state index contributed by atoms with van der Waals surface area (Å²) in [6.45, 7) is 15.1. The Hall–Kier alpha value is -6.49. The summed E-state index contributed by atoms with van der Waals surface area (Å²) in [6, 6.07) is 9.06. The van der Waals surface area contributed by atoms with Crippen molar-refractivity contribution in [2.45, 2.75) is 110 Å². The monoisotopic (exact) mass is 1120 g/mol. The summed E-state index contributed by atoms with van der Waals surface area (Å²) in [6.07, 6.45) is 4.22. The van der Waals surface area contributed by atoms with Crippen LogP contribution in [0.5, 0.6) is 17.2 Å². The Morgan fingerprint density at radius 3 is 2.25 bits per heavy atom. The number of aldehydes is 2. The smallest absolute Gasteiger partial charge is 0.267 e. The number of likely N-dealkylation sites (tertiary alicyclic amines) is 1. The maximum atomic E-state index is 13.3. The number of pyridine rings is 1. The Morgan fingerprint density at radius 1 is 0.962 bits per heavy atom. The van der Waals surface area contributed by atoms with Crippen molar-refractivity contribution in [3.63, 3.8) is 0 Å². The van der Waals surface area contributed by atoms with E-state index in [1.165, 1.54) is 31.7 Å². The second-order valence-electron chi connectivity index (χ2n) is 19.6. The predicted octanol–water partition coefficient (Wildman–Crippen LogP) is 3.14. The molecule has 0 saturated carbocycles. The molecule has 3 amide bonds. The zero-order valence-corrected chi connectivity index (χ0v) is 47.5. The highest BCUT2D eigenvalue weighted by atomic mass is 32.1. The summed E-state index contributed by atoms with van der Waals surface area (Å²) < 4.78 is 21.6. The number of aromatic amines is 1. The number of aliphatic hydroxyl groups is 1. The van der Waals surface area contributed by atoms with E-state index in [0.717, 1.165) is 38.9 Å². The van der Waals surface area contributed by atoms with E-state index in [1.807, 2.05) is 24.9 Å². The van der Waals surface area contributed by atoms with Crippen molar-refractivity contribution in [1.82, 2.24) is 36.1 Å². The van der Waals surface area contributed by atoms with Gasteiger partial charge in [0.15, 0.2) is 12.1 Å². The topological polar surface area (TPSA) is 311 Å². The maximum absolute atomic E-state index is 13.3. The second-order valence-corrected chi connectivity index (χ2v) is 20.0. The number of hydrogen-bond acceptors (Lipinski definition) is 19. The number of H-pyrrole nitrogens is 1. The average molecular weight is 1120 g/mol. The van der Waals surface area contributed by atoms with Gasteiger partial charge < -0.3 is 75.0 Å². The first-order valence-electron chi connectivity index (χ1n) is 26.6. The molecule has 0 spiro atoms. The van der Waals surface area contributed by atoms with E-state index in [2.05, 4.69) is 45.0 Å². The number of benzene rings is 2. The molecule has 432 valence electrons. The van der Waals surface area contributed by atoms with Gasteiger partial charge in [0.05, 0.1) is 60.3 Å². The lowest BCUT2D eigenvalue weighted by Gasteiger charge is -2.43. The van der Waals surface area contributed by atoms with Crippen molar-refractivity contribution < 1.29 is 67.8 Å². The number of carbonyl (C=O) groups is 7. The van der Waals surface area contributed by atoms with Crippen LogP contribution in [0.1, 0.15) is 119 Å². The first kappa shape index (κ1) is 65.0. The standard InChI is InChI=1S/C25H26N2O6.C11H21NO4.C10H9N3O2S.C7H14N2O2.C3H8/c1-26-9-12-10-27(11-12)25(32)13-6-7-14-16(8-13)23(30)19-20(21(14)28)24(31)18-15(22(19)29)4-3-5-17(18)33-2;1-8-11(13)9(3-5-15-8)12-4-6-16-10(7-12)14-2;11-6-7-2-3-8(13-10(7)16)9(15)12-4-1-5-14;1-5(4-10)9-7(11)6(2)8-3;1-3-2/h3-5,12-13,26,28,30H,6-11H2,1-2H3;8-11,13H,3-7H2,1-2H3;2-3,5H,1,4H2,(H,12,15)(H,13,16);4-6,8H,1-3H3,(H,9,11);3H2,1-2H3/t;;;5-,6?;/m...0./s1. The van der Waals surface area contributed by atoms with Gasteiger partial charge in [-0.2, -0.15) is 5.26 Å². The quantitative estimate of drug-likeness (QED) is 0.0389. The number of aliphatic hydroxyl groups excluding tert-OH is 1. The van der Waals surface area contributed by atoms with Gasteiger partial charge in [0, 0.05) is 94.0 Å². The van der Waals surface area contributed by atoms with E-state index in [1.54, 1.807) is 40.1 Å². The lowest BCUT2D eigenvalue weighted by molar-refractivity contribution is -0.190. The second kappa shape index (κ2) is 31.9. The number of morpholine rings is 1. The van der Waals surface area contributed by atoms with Gasteiger partial charge in [0.2, 0.25) is 17.6 Å². The Bertz CT molecular complexity index is 2710. The largest absolute Gasteiger partial charge is 0.507 e. The Morgan fingerprint density at radius 2 is 1.65 bits per heavy atom. The normalized spacial score (nSPS) is 20.9. The van der Waals surface area contributed by atoms with Crippen LogP contribution in [-0.4, -0.2) is 189 Å². The molecule has 0 radical (unpaired) electrons. The zero-order valence-electron chi connectivity index (χ0n) is 46.6. The molecule has 3 aromatic rings. The van der Waals surface area contributed by atoms with Crippen LogP contribution in [0.2, 0.25) is 0 Å². The summed E-state index contributed by atoms with van der Waals surface area (Å²) >= 11 is 4.88. The van der Waals surface area contributed by atoms with Crippen molar-refractivity contribution in [1.29, 1.82) is 5.26 Å². The molecule has 3 saturated heterocycles. The number of likely N-dealkylation sites (N-methyl/N-ethyl adjacent to an activating group) is 1. The number of phenolic OH excluding ortho intramolecular Hbond substituents is 2. The SMILES string of the molecule is CCC.CNC(C)C(=O)N[C@@H](C)C=O.CNCC1CN(C(=O)C2CCc3c(O)c4c(c(O)c3C2)C(=O)c2cccc(OC)c2C4=O)C1.COC1CN(C2CCOC(C)C2O)CCO1.N#Cc1ccc(C(=O)NCCC=O)[nH]c1=S. The van der Waals surface area contributed by atoms with Crippen molar-refractivity contribution in [2.75, 3.05) is 80.8 Å². The summed E-state index contributed by atoms with van der Waals surface area (Å²) in [4.78, 5) is 89.0. The third-order valence-corrected chi connectivity index (χ3v) is 14.1. The molecule has 5 aliphatic rings. The Labute approximate surface area is 466 Å². The van der Waals surface area contributed by atoms with Gasteiger partial charge in [-0.15, -0.1) is 0 Å². The van der Waals surface area contributed by atoms with E-state index >= 15 is 0 Å². The number of nitriles is 1. The Kier molecular flexibility index (Phi) is 26.3. The first-order chi connectivity index (χ1) is 37.8. The first-order valence-corrected chi connectivity index (χ1v) is 27.0. The number of phenols is 2. The van der Waals surface area contributed by atoms with E-state index < -0.39 is 23.7 Å². The fourth-order valence-corrected chi connectivity index (χ4v) is 9.65. The number of carbonyl (C=O) groups excluding carboxylic acids is 7. The number of ketones is 2. The highest BCUT2D eigenvalue weighted by Gasteiger charge is 2.43. The van der Waals surface area contributed by atoms with E-state index in [-0.39, 0.29) is 117 Å². The van der Waals surface area contributed by atoms with Crippen LogP contribution in [-0.2, 0) is 46.2 Å². The number of fused-ring (bicyclic) bond motifs is 3. The van der Waals surface area contributed by atoms with E-state index in [4.69, 9.17) is 36.4 Å². The number of aromatic hydroxyl groups is 2. The van der Waals surface area contributed by atoms with Gasteiger partial charge in [-0.25, -0.2) is 0 Å². The number of nitrogens with zero attached hydrogens (tertiary/aromatic N) is 3. The van der Waals surface area contributed by atoms with Gasteiger partial charge in [0.25, 0.3) is 5.91 Å². The molecular weight excluding hydrogens is 1040 g/mol. The summed E-state index contributed by atoms with van der Waals surface area (Å²) in [5.74, 6) is -1.81. The molecule has 3 aliphatic heterocycles. The lowest BCUT2D eigenvalue weighted by Crippen LogP contribution is -2.57. The minimum absolute atomic E-state index is 0.0297. The van der Waals surface area contributed by atoms with Crippen LogP contribution in [0.15, 0.2) is 30.3 Å². The summed E-state index contributed by atoms with van der Waals surface area (Å²) in [7, 11) is 6.63. The Balaban J connectivity index is 0.000000246. The van der Waals surface area contributed by atoms with Gasteiger partial charge >= 0.3 is 0 Å². The molecule has 1 aromatic heterocycles. The van der Waals surface area contributed by atoms with Crippen molar-refractivity contribution in [3.8, 4) is 23.3 Å². The summed E-state index contributed by atoms with van der Waals surface area (Å²) in [5.41, 5.74) is 1.25. The predicted molar refractivity (Wildman–Crippen MR) is 295 cm³/mol. The molecule has 8 rings (SSSR count). The maximum Gasteiger partial charge on any atom is 0.267 e. The number of amides is 3. The number of nitrogens with one attached hydrogen (secondary N) is 5. The van der Waals surface area contributed by atoms with Crippen LogP contribution in [0.25, 0.3) is 0 Å². The van der Waals surface area contributed by atoms with E-state index in [0.29, 0.717) is 61.4 Å². The highest BCUT2D eigenvalue weighted by molar-refractivity contribution is 7.71. The third-order valence-electron chi connectivity index (χ3n) is 13.8. The number of methoxy groups -OCH3 is 2. The molecule has 4 heterocycles. The molecule has 2 aromatic carbocycles. The third kappa shape index (κ3) is 16.8. The van der Waals surface area contributed by atoms with Crippen molar-refractivity contribution in [3.05, 3.63) is 79.6 Å². The molecule has 23 heteroatoms. The van der Waals surface area contributed by atoms with Crippen LogP contribution < -0.4 is 26.0 Å². The number of ether oxygens (including phenoxy) is 4. The van der Waals surface area contributed by atoms with Crippen LogP contribution in [0.4, 0.5) is 0 Å². The lowest BCUT2D eigenvalue weighted by atomic mass is 9.75. The number of aromatic nitrogens is 1. The van der Waals surface area contributed by atoms with Gasteiger partial charge in [0.1, 0.15) is 46.2 Å². The van der Waals surface area contributed by atoms with Gasteiger partial charge in [-0.05, 0) is 78.7 Å². The molecule has 22 nitrogen and oxygen atoms in total. The van der Waals surface area contributed by atoms with Crippen LogP contribution in [0, 0.1) is 27.8 Å². The number of hydrogen-bond donors (Lipinski definition) is 8. The average Bonchev–Trinajstić information content (AvgIpc) is 3.58. The molecule has 3 fully saturated rings. The van der Waals surface area contributed by atoms with Gasteiger partial charge in [-0.3, -0.25) is 28.9 Å². The minimum Gasteiger partial charge on any atom is -0.507 e. The molecule has 6 unspecified atom stereocenters. The van der Waals surface area contributed by atoms with E-state index in [9.17, 15) is 48.9 Å². The fraction of sp³-hybridized carbons (Fsp3) is 0.554. The molecule has 7 atom stereocenters. The molecule has 2 aliphatic carbocycles. The van der Waals surface area contributed by atoms with Gasteiger partial charge in [-0.1, -0.05) is 44.6 Å². The fourth-order valence-electron chi connectivity index (χ4n) is 9.43. The molecule has 0 bridgehead atoms. The molecular formula is C56H78N8O14S. The molecule has 79 heavy (non-hydrogen) atoms. The zero-order chi connectivity index (χ0) is 58.5. The summed E-state index contributed by atoms with van der Waals surface area (Å²) in [5, 5.41) is 51.8. The highest BCUT2D eigenvalue weighted by Crippen LogP contribution is 2.47.